The zero-order valence-electron chi connectivity index (χ0n) is 16.0. The van der Waals surface area contributed by atoms with Crippen molar-refractivity contribution < 1.29 is 23.9 Å². The van der Waals surface area contributed by atoms with Crippen molar-refractivity contribution in [3.8, 4) is 0 Å². The lowest BCUT2D eigenvalue weighted by Crippen LogP contribution is -2.57. The summed E-state index contributed by atoms with van der Waals surface area (Å²) >= 11 is 0. The van der Waals surface area contributed by atoms with E-state index in [1.807, 2.05) is 13.8 Å². The lowest BCUT2D eigenvalue weighted by Gasteiger charge is -2.52. The highest BCUT2D eigenvalue weighted by atomic mass is 16.6. The summed E-state index contributed by atoms with van der Waals surface area (Å²) in [7, 11) is 1.58. The number of ketones is 2. The van der Waals surface area contributed by atoms with Crippen molar-refractivity contribution in [2.45, 2.75) is 59.2 Å². The minimum atomic E-state index is -0.997. The molecule has 1 saturated heterocycles. The largest absolute Gasteiger partial charge is 0.458 e. The van der Waals surface area contributed by atoms with Gasteiger partial charge in [-0.3, -0.25) is 14.4 Å². The van der Waals surface area contributed by atoms with E-state index in [0.29, 0.717) is 23.1 Å². The third-order valence-corrected chi connectivity index (χ3v) is 6.92. The number of hydrogen-bond donors (Lipinski definition) is 0. The lowest BCUT2D eigenvalue weighted by atomic mass is 9.48. The average molecular weight is 358 g/mol. The molecule has 0 spiro atoms. The summed E-state index contributed by atoms with van der Waals surface area (Å²) in [6.07, 6.45) is 3.25. The topological polar surface area (TPSA) is 69.7 Å². The Kier molecular flexibility index (Phi) is 3.65. The Morgan fingerprint density at radius 3 is 2.46 bits per heavy atom. The van der Waals surface area contributed by atoms with Crippen LogP contribution in [0.2, 0.25) is 0 Å². The Balaban J connectivity index is 2.03. The van der Waals surface area contributed by atoms with Gasteiger partial charge in [0.25, 0.3) is 0 Å². The fraction of sp³-hybridized carbons (Fsp3) is 0.667. The molecule has 5 nitrogen and oxygen atoms in total. The van der Waals surface area contributed by atoms with Crippen molar-refractivity contribution in [2.24, 2.45) is 22.7 Å². The number of carbonyl (C=O) groups excluding carboxylic acids is 3. The van der Waals surface area contributed by atoms with Gasteiger partial charge in [0.05, 0.1) is 0 Å². The van der Waals surface area contributed by atoms with Crippen LogP contribution in [0.3, 0.4) is 0 Å². The third-order valence-electron chi connectivity index (χ3n) is 6.92. The number of Topliss-reactive ketones (excluding diaryl/α,β-unsaturated/α-hetero) is 2. The number of ether oxygens (including phenoxy) is 2. The first-order valence-electron chi connectivity index (χ1n) is 9.46. The predicted molar refractivity (Wildman–Crippen MR) is 94.2 cm³/mol. The number of carbonyl (C=O) groups is 3. The first-order chi connectivity index (χ1) is 12.2. The van der Waals surface area contributed by atoms with E-state index in [1.165, 1.54) is 0 Å². The minimum absolute atomic E-state index is 0.0645. The molecule has 1 saturated carbocycles. The quantitative estimate of drug-likeness (QED) is 0.431. The zero-order valence-corrected chi connectivity index (χ0v) is 16.0. The van der Waals surface area contributed by atoms with Gasteiger partial charge in [0, 0.05) is 24.2 Å². The number of rotatable bonds is 2. The molecular weight excluding hydrogens is 332 g/mol. The smallest absolute Gasteiger partial charge is 0.317 e. The summed E-state index contributed by atoms with van der Waals surface area (Å²) < 4.78 is 11.6. The van der Waals surface area contributed by atoms with Crippen molar-refractivity contribution in [3.05, 3.63) is 22.8 Å². The highest BCUT2D eigenvalue weighted by Crippen LogP contribution is 2.65. The monoisotopic (exact) mass is 358 g/mol. The van der Waals surface area contributed by atoms with E-state index in [4.69, 9.17) is 9.47 Å². The van der Waals surface area contributed by atoms with Gasteiger partial charge in [-0.05, 0) is 35.8 Å². The van der Waals surface area contributed by atoms with Gasteiger partial charge in [-0.1, -0.05) is 34.1 Å². The van der Waals surface area contributed by atoms with Gasteiger partial charge in [-0.25, -0.2) is 0 Å². The third kappa shape index (κ3) is 1.92. The molecule has 4 rings (SSSR count). The zero-order chi connectivity index (χ0) is 19.0. The maximum Gasteiger partial charge on any atom is 0.317 e. The predicted octanol–water partition coefficient (Wildman–Crippen LogP) is 2.78. The molecule has 0 amide bonds. The molecule has 3 aliphatic carbocycles. The fourth-order valence-corrected chi connectivity index (χ4v) is 5.90. The van der Waals surface area contributed by atoms with Gasteiger partial charge < -0.3 is 9.47 Å². The second kappa shape index (κ2) is 5.38. The first kappa shape index (κ1) is 17.7. The van der Waals surface area contributed by atoms with Gasteiger partial charge in [-0.2, -0.15) is 0 Å². The summed E-state index contributed by atoms with van der Waals surface area (Å²) in [4.78, 5) is 39.1. The average Bonchev–Trinajstić information content (AvgIpc) is 2.81. The molecule has 1 unspecified atom stereocenters. The summed E-state index contributed by atoms with van der Waals surface area (Å²) in [6, 6.07) is 0. The molecule has 1 aliphatic heterocycles. The molecule has 0 aromatic heterocycles. The van der Waals surface area contributed by atoms with Crippen LogP contribution in [-0.2, 0) is 23.9 Å². The van der Waals surface area contributed by atoms with Crippen molar-refractivity contribution >= 4 is 17.5 Å². The molecule has 0 aromatic carbocycles. The van der Waals surface area contributed by atoms with Crippen LogP contribution in [0.4, 0.5) is 0 Å². The van der Waals surface area contributed by atoms with Crippen molar-refractivity contribution in [3.63, 3.8) is 0 Å². The summed E-state index contributed by atoms with van der Waals surface area (Å²) in [6.45, 7) is 8.05. The highest BCUT2D eigenvalue weighted by Gasteiger charge is 2.71. The van der Waals surface area contributed by atoms with Crippen LogP contribution in [0, 0.1) is 22.7 Å². The second-order valence-electron chi connectivity index (χ2n) is 9.06. The highest BCUT2D eigenvalue weighted by molar-refractivity contribution is 6.51. The molecule has 140 valence electrons. The summed E-state index contributed by atoms with van der Waals surface area (Å²) in [5.41, 5.74) is 0.367. The number of hydrogen-bond acceptors (Lipinski definition) is 5. The van der Waals surface area contributed by atoms with E-state index in [9.17, 15) is 14.4 Å². The van der Waals surface area contributed by atoms with Crippen molar-refractivity contribution in [2.75, 3.05) is 7.11 Å². The van der Waals surface area contributed by atoms with Crippen LogP contribution in [0.5, 0.6) is 0 Å². The molecule has 2 fully saturated rings. The fourth-order valence-electron chi connectivity index (χ4n) is 5.90. The van der Waals surface area contributed by atoms with Crippen molar-refractivity contribution in [1.82, 2.24) is 0 Å². The minimum Gasteiger partial charge on any atom is -0.458 e. The number of allylic oxidation sites excluding steroid dienone is 1. The molecular formula is C21H26O5. The molecule has 1 heterocycles. The SMILES string of the molecule is CO[C@@H]1C2=C(C(=O)C(=O)C(C(C)C)=C2)[C@@]23CCCC(C)(C)[C@@H]2C1OC3=O. The van der Waals surface area contributed by atoms with E-state index in [0.717, 1.165) is 12.8 Å². The van der Waals surface area contributed by atoms with Gasteiger partial charge >= 0.3 is 5.97 Å². The molecule has 0 N–H and O–H groups in total. The lowest BCUT2D eigenvalue weighted by molar-refractivity contribution is -0.150. The molecule has 2 bridgehead atoms. The van der Waals surface area contributed by atoms with E-state index < -0.39 is 29.2 Å². The van der Waals surface area contributed by atoms with Crippen LogP contribution in [0.15, 0.2) is 22.8 Å². The van der Waals surface area contributed by atoms with E-state index in [-0.39, 0.29) is 23.2 Å². The maximum atomic E-state index is 13.2. The molecule has 26 heavy (non-hydrogen) atoms. The van der Waals surface area contributed by atoms with Crippen LogP contribution in [0.1, 0.15) is 47.0 Å². The molecule has 0 radical (unpaired) electrons. The maximum absolute atomic E-state index is 13.2. The van der Waals surface area contributed by atoms with E-state index >= 15 is 0 Å². The van der Waals surface area contributed by atoms with E-state index in [1.54, 1.807) is 13.2 Å². The standard InChI is InChI=1S/C21H26O5/c1-10(2)11-9-12-13(15(23)14(11)22)21-8-6-7-20(3,4)18(21)17(16(12)25-5)26-19(21)24/h9-10,16-18H,6-8H2,1-5H3/t16-,17?,18+,21+/m1/s1. The molecule has 4 aliphatic rings. The summed E-state index contributed by atoms with van der Waals surface area (Å²) in [5, 5.41) is 0. The van der Waals surface area contributed by atoms with Gasteiger partial charge in [0.15, 0.2) is 0 Å². The first-order valence-corrected chi connectivity index (χ1v) is 9.46. The Hall–Kier alpha value is -1.75. The Morgan fingerprint density at radius 2 is 1.85 bits per heavy atom. The Morgan fingerprint density at radius 1 is 1.15 bits per heavy atom. The van der Waals surface area contributed by atoms with Crippen LogP contribution >= 0.6 is 0 Å². The van der Waals surface area contributed by atoms with Crippen molar-refractivity contribution in [1.29, 1.82) is 0 Å². The van der Waals surface area contributed by atoms with Crippen LogP contribution < -0.4 is 0 Å². The van der Waals surface area contributed by atoms with Gasteiger partial charge in [0.2, 0.25) is 11.6 Å². The number of methoxy groups -OCH3 is 1. The van der Waals surface area contributed by atoms with Crippen LogP contribution in [-0.4, -0.2) is 36.9 Å². The molecule has 0 aromatic rings. The summed E-state index contributed by atoms with van der Waals surface area (Å²) in [5.74, 6) is -1.58. The van der Waals surface area contributed by atoms with E-state index in [2.05, 4.69) is 13.8 Å². The van der Waals surface area contributed by atoms with Gasteiger partial charge in [0.1, 0.15) is 17.6 Å². The Labute approximate surface area is 153 Å². The van der Waals surface area contributed by atoms with Crippen LogP contribution in [0.25, 0.3) is 0 Å². The normalized spacial score (nSPS) is 38.2. The molecule has 5 heteroatoms. The number of esters is 1. The second-order valence-corrected chi connectivity index (χ2v) is 9.06. The molecule has 4 atom stereocenters. The van der Waals surface area contributed by atoms with Gasteiger partial charge in [-0.15, -0.1) is 0 Å². The Bertz CT molecular complexity index is 784.